The number of carbonyl (C=O) groups is 2. The lowest BCUT2D eigenvalue weighted by Gasteiger charge is -2.34. The molecule has 176 valence electrons. The molecule has 2 fully saturated rings. The maximum absolute atomic E-state index is 13.1. The van der Waals surface area contributed by atoms with E-state index in [-0.39, 0.29) is 29.2 Å². The molecule has 2 atom stereocenters. The Bertz CT molecular complexity index is 1110. The van der Waals surface area contributed by atoms with Gasteiger partial charge in [0.05, 0.1) is 10.8 Å². The Labute approximate surface area is 195 Å². The van der Waals surface area contributed by atoms with E-state index in [1.165, 1.54) is 0 Å². The molecule has 0 saturated carbocycles. The number of aryl methyl sites for hydroxylation is 1. The number of carbonyl (C=O) groups excluding carboxylic acids is 2. The molecule has 0 radical (unpaired) electrons. The van der Waals surface area contributed by atoms with Crippen molar-refractivity contribution < 1.29 is 18.0 Å². The van der Waals surface area contributed by atoms with E-state index in [2.05, 4.69) is 5.32 Å². The normalized spacial score (nSPS) is 21.9. The first-order chi connectivity index (χ1) is 15.8. The first-order valence-corrected chi connectivity index (χ1v) is 13.0. The highest BCUT2D eigenvalue weighted by Crippen LogP contribution is 2.29. The highest BCUT2D eigenvalue weighted by Gasteiger charge is 2.35. The fourth-order valence-corrected chi connectivity index (χ4v) is 6.41. The summed E-state index contributed by atoms with van der Waals surface area (Å²) in [4.78, 5) is 27.1. The van der Waals surface area contributed by atoms with Crippen molar-refractivity contribution in [2.75, 3.05) is 23.3 Å². The van der Waals surface area contributed by atoms with Crippen molar-refractivity contribution >= 4 is 33.2 Å². The summed E-state index contributed by atoms with van der Waals surface area (Å²) in [7, 11) is -3.56. The number of hydrogen-bond donors (Lipinski definition) is 1. The molecule has 33 heavy (non-hydrogen) atoms. The SMILES string of the molecule is CC[C@@H]1CCCCN1S(=O)(=O)c1ccc(NC(=O)[C@@H]2CC(=O)N(c3ccc(C)cc3)C2)cc1. The van der Waals surface area contributed by atoms with E-state index >= 15 is 0 Å². The molecule has 4 rings (SSSR count). The summed E-state index contributed by atoms with van der Waals surface area (Å²) < 4.78 is 27.9. The molecule has 0 aliphatic carbocycles. The second-order valence-corrected chi connectivity index (χ2v) is 10.8. The molecule has 2 heterocycles. The van der Waals surface area contributed by atoms with Gasteiger partial charge in [-0.2, -0.15) is 4.31 Å². The van der Waals surface area contributed by atoms with Crippen LogP contribution in [0, 0.1) is 12.8 Å². The van der Waals surface area contributed by atoms with Crippen molar-refractivity contribution in [3.63, 3.8) is 0 Å². The maximum atomic E-state index is 13.1. The highest BCUT2D eigenvalue weighted by atomic mass is 32.2. The zero-order chi connectivity index (χ0) is 23.6. The van der Waals surface area contributed by atoms with Gasteiger partial charge in [-0.05, 0) is 62.6 Å². The van der Waals surface area contributed by atoms with Gasteiger partial charge in [-0.3, -0.25) is 9.59 Å². The second kappa shape index (κ2) is 9.65. The van der Waals surface area contributed by atoms with E-state index in [1.54, 1.807) is 33.5 Å². The number of nitrogens with zero attached hydrogens (tertiary/aromatic N) is 2. The average Bonchev–Trinajstić information content (AvgIpc) is 3.21. The minimum atomic E-state index is -3.56. The van der Waals surface area contributed by atoms with Crippen LogP contribution in [0.3, 0.4) is 0 Å². The van der Waals surface area contributed by atoms with Gasteiger partial charge in [0, 0.05) is 36.9 Å². The minimum Gasteiger partial charge on any atom is -0.326 e. The van der Waals surface area contributed by atoms with Crippen LogP contribution in [-0.2, 0) is 19.6 Å². The Morgan fingerprint density at radius 1 is 1.06 bits per heavy atom. The molecule has 2 aromatic rings. The third-order valence-corrected chi connectivity index (χ3v) is 8.58. The lowest BCUT2D eigenvalue weighted by atomic mass is 10.0. The van der Waals surface area contributed by atoms with Crippen LogP contribution < -0.4 is 10.2 Å². The van der Waals surface area contributed by atoms with Crippen LogP contribution in [0.4, 0.5) is 11.4 Å². The zero-order valence-corrected chi connectivity index (χ0v) is 20.0. The monoisotopic (exact) mass is 469 g/mol. The Hall–Kier alpha value is -2.71. The second-order valence-electron chi connectivity index (χ2n) is 8.93. The van der Waals surface area contributed by atoms with Gasteiger partial charge < -0.3 is 10.2 Å². The van der Waals surface area contributed by atoms with E-state index < -0.39 is 15.9 Å². The quantitative estimate of drug-likeness (QED) is 0.694. The number of anilines is 2. The standard InChI is InChI=1S/C25H31N3O4S/c1-3-21-6-4-5-15-28(21)33(31,32)23-13-9-20(10-14-23)26-25(30)19-16-24(29)27(17-19)22-11-7-18(2)8-12-22/h7-14,19,21H,3-6,15-17H2,1-2H3,(H,26,30)/t19-,21-/m1/s1. The third-order valence-electron chi connectivity index (χ3n) is 6.61. The Kier molecular flexibility index (Phi) is 6.86. The van der Waals surface area contributed by atoms with E-state index in [0.29, 0.717) is 18.8 Å². The van der Waals surface area contributed by atoms with Gasteiger partial charge in [-0.15, -0.1) is 0 Å². The van der Waals surface area contributed by atoms with Crippen LogP contribution in [0.5, 0.6) is 0 Å². The zero-order valence-electron chi connectivity index (χ0n) is 19.2. The molecule has 0 aromatic heterocycles. The molecule has 7 nitrogen and oxygen atoms in total. The van der Waals surface area contributed by atoms with Crippen molar-refractivity contribution in [1.29, 1.82) is 0 Å². The van der Waals surface area contributed by atoms with Crippen LogP contribution in [0.2, 0.25) is 0 Å². The highest BCUT2D eigenvalue weighted by molar-refractivity contribution is 7.89. The van der Waals surface area contributed by atoms with Crippen LogP contribution in [0.1, 0.15) is 44.6 Å². The van der Waals surface area contributed by atoms with Gasteiger partial charge in [-0.1, -0.05) is 31.0 Å². The number of amides is 2. The average molecular weight is 470 g/mol. The molecule has 0 bridgehead atoms. The lowest BCUT2D eigenvalue weighted by molar-refractivity contribution is -0.122. The molecule has 0 unspecified atom stereocenters. The molecule has 8 heteroatoms. The number of piperidine rings is 1. The van der Waals surface area contributed by atoms with Crippen LogP contribution in [-0.4, -0.2) is 43.7 Å². The molecule has 2 saturated heterocycles. The molecule has 2 aliphatic heterocycles. The molecular weight excluding hydrogens is 438 g/mol. The topological polar surface area (TPSA) is 86.8 Å². The van der Waals surface area contributed by atoms with Gasteiger partial charge >= 0.3 is 0 Å². The summed E-state index contributed by atoms with van der Waals surface area (Å²) >= 11 is 0. The van der Waals surface area contributed by atoms with Crippen molar-refractivity contribution in [2.45, 2.75) is 56.9 Å². The van der Waals surface area contributed by atoms with E-state index in [9.17, 15) is 18.0 Å². The third kappa shape index (κ3) is 4.96. The number of nitrogens with one attached hydrogen (secondary N) is 1. The van der Waals surface area contributed by atoms with Crippen LogP contribution in [0.25, 0.3) is 0 Å². The molecule has 1 N–H and O–H groups in total. The molecule has 2 amide bonds. The van der Waals surface area contributed by atoms with E-state index in [4.69, 9.17) is 0 Å². The maximum Gasteiger partial charge on any atom is 0.243 e. The van der Waals surface area contributed by atoms with E-state index in [0.717, 1.165) is 36.9 Å². The van der Waals surface area contributed by atoms with Gasteiger partial charge in [0.1, 0.15) is 0 Å². The fraction of sp³-hybridized carbons (Fsp3) is 0.440. The summed E-state index contributed by atoms with van der Waals surface area (Å²) in [6.07, 6.45) is 3.78. The van der Waals surface area contributed by atoms with Gasteiger partial charge in [0.25, 0.3) is 0 Å². The smallest absolute Gasteiger partial charge is 0.243 e. The fourth-order valence-electron chi connectivity index (χ4n) is 4.65. The summed E-state index contributed by atoms with van der Waals surface area (Å²) in [5.74, 6) is -0.774. The van der Waals surface area contributed by atoms with Crippen molar-refractivity contribution in [3.8, 4) is 0 Å². The largest absolute Gasteiger partial charge is 0.326 e. The number of rotatable bonds is 6. The van der Waals surface area contributed by atoms with Gasteiger partial charge in [0.2, 0.25) is 21.8 Å². The summed E-state index contributed by atoms with van der Waals surface area (Å²) in [6, 6.07) is 14.0. The lowest BCUT2D eigenvalue weighted by Crippen LogP contribution is -2.43. The molecular formula is C25H31N3O4S. The predicted molar refractivity (Wildman–Crippen MR) is 129 cm³/mol. The van der Waals surface area contributed by atoms with Gasteiger partial charge in [-0.25, -0.2) is 8.42 Å². The van der Waals surface area contributed by atoms with Crippen molar-refractivity contribution in [2.24, 2.45) is 5.92 Å². The Morgan fingerprint density at radius 3 is 2.42 bits per heavy atom. The van der Waals surface area contributed by atoms with Gasteiger partial charge in [0.15, 0.2) is 0 Å². The number of sulfonamides is 1. The summed E-state index contributed by atoms with van der Waals surface area (Å²) in [5, 5.41) is 2.84. The first-order valence-electron chi connectivity index (χ1n) is 11.6. The first kappa shape index (κ1) is 23.4. The van der Waals surface area contributed by atoms with Crippen molar-refractivity contribution in [1.82, 2.24) is 4.31 Å². The molecule has 2 aliphatic rings. The number of benzene rings is 2. The Balaban J connectivity index is 1.41. The van der Waals surface area contributed by atoms with E-state index in [1.807, 2.05) is 38.1 Å². The van der Waals surface area contributed by atoms with Crippen LogP contribution in [0.15, 0.2) is 53.4 Å². The van der Waals surface area contributed by atoms with Crippen molar-refractivity contribution in [3.05, 3.63) is 54.1 Å². The summed E-state index contributed by atoms with van der Waals surface area (Å²) in [5.41, 5.74) is 2.42. The minimum absolute atomic E-state index is 0.0412. The summed E-state index contributed by atoms with van der Waals surface area (Å²) in [6.45, 7) is 4.88. The predicted octanol–water partition coefficient (Wildman–Crippen LogP) is 3.94. The molecule has 0 spiro atoms. The Morgan fingerprint density at radius 2 is 1.76 bits per heavy atom. The van der Waals surface area contributed by atoms with Crippen LogP contribution >= 0.6 is 0 Å². The molecule has 2 aromatic carbocycles. The number of hydrogen-bond acceptors (Lipinski definition) is 4.